The Hall–Kier alpha value is -3.98. The molecule has 2 aliphatic rings. The fourth-order valence-electron chi connectivity index (χ4n) is 5.56. The van der Waals surface area contributed by atoms with Crippen LogP contribution in [0.1, 0.15) is 41.9 Å². The number of hydrogen-bond donors (Lipinski definition) is 2. The third-order valence-electron chi connectivity index (χ3n) is 7.64. The largest absolute Gasteiger partial charge is 0.325 e. The number of hydrogen-bond acceptors (Lipinski definition) is 5. The summed E-state index contributed by atoms with van der Waals surface area (Å²) in [5.41, 5.74) is 4.95. The molecule has 1 saturated heterocycles. The molecule has 9 heteroatoms. The van der Waals surface area contributed by atoms with Crippen LogP contribution in [0.2, 0.25) is 5.02 Å². The number of fused-ring (bicyclic) bond motifs is 1. The molecule has 1 unspecified atom stereocenters. The lowest BCUT2D eigenvalue weighted by Gasteiger charge is -2.26. The molecule has 0 saturated carbocycles. The van der Waals surface area contributed by atoms with Crippen LogP contribution < -0.4 is 10.0 Å². The number of rotatable bonds is 8. The summed E-state index contributed by atoms with van der Waals surface area (Å²) >= 11 is 6.16. The quantitative estimate of drug-likeness (QED) is 0.214. The van der Waals surface area contributed by atoms with E-state index in [0.29, 0.717) is 22.6 Å². The van der Waals surface area contributed by atoms with Gasteiger partial charge in [-0.3, -0.25) is 19.4 Å². The van der Waals surface area contributed by atoms with Gasteiger partial charge in [-0.25, -0.2) is 8.42 Å². The second-order valence-electron chi connectivity index (χ2n) is 10.6. The molecule has 2 N–H and O–H groups in total. The number of piperidine rings is 1. The van der Waals surface area contributed by atoms with Gasteiger partial charge in [-0.05, 0) is 85.1 Å². The van der Waals surface area contributed by atoms with Crippen LogP contribution in [0.5, 0.6) is 0 Å². The van der Waals surface area contributed by atoms with Crippen molar-refractivity contribution in [1.29, 1.82) is 0 Å². The Kier molecular flexibility index (Phi) is 8.11. The number of carbonyl (C=O) groups is 1. The number of halogens is 1. The van der Waals surface area contributed by atoms with Gasteiger partial charge in [-0.1, -0.05) is 72.6 Å². The van der Waals surface area contributed by atoms with Crippen LogP contribution in [-0.2, 0) is 21.4 Å². The van der Waals surface area contributed by atoms with Gasteiger partial charge in [0.1, 0.15) is 10.8 Å². The molecular formula is C33H31ClN4O3S. The summed E-state index contributed by atoms with van der Waals surface area (Å²) in [6.07, 6.45) is 3.80. The third-order valence-corrected chi connectivity index (χ3v) is 9.53. The van der Waals surface area contributed by atoms with Crippen molar-refractivity contribution in [2.75, 3.05) is 23.1 Å². The van der Waals surface area contributed by atoms with Gasteiger partial charge in [0.25, 0.3) is 10.0 Å². The normalized spacial score (nSPS) is 17.5. The van der Waals surface area contributed by atoms with E-state index < -0.39 is 15.9 Å². The maximum absolute atomic E-state index is 13.4. The molecule has 214 valence electrons. The van der Waals surface area contributed by atoms with Gasteiger partial charge in [-0.2, -0.15) is 0 Å². The number of carbonyl (C=O) groups excluding carboxylic acids is 1. The summed E-state index contributed by atoms with van der Waals surface area (Å²) in [7, 11) is -3.95. The molecule has 4 aromatic rings. The Morgan fingerprint density at radius 2 is 1.62 bits per heavy atom. The predicted octanol–water partition coefficient (Wildman–Crippen LogP) is 6.98. The van der Waals surface area contributed by atoms with Crippen LogP contribution in [0.3, 0.4) is 0 Å². The van der Waals surface area contributed by atoms with E-state index in [2.05, 4.69) is 27.1 Å². The van der Waals surface area contributed by atoms with Crippen molar-refractivity contribution in [2.24, 2.45) is 4.99 Å². The van der Waals surface area contributed by atoms with Gasteiger partial charge in [0.05, 0.1) is 16.4 Å². The Morgan fingerprint density at radius 3 is 2.36 bits per heavy atom. The van der Waals surface area contributed by atoms with Crippen molar-refractivity contribution >= 4 is 50.3 Å². The van der Waals surface area contributed by atoms with Crippen molar-refractivity contribution in [3.8, 4) is 0 Å². The summed E-state index contributed by atoms with van der Waals surface area (Å²) in [4.78, 5) is 20.9. The van der Waals surface area contributed by atoms with Gasteiger partial charge < -0.3 is 5.32 Å². The predicted molar refractivity (Wildman–Crippen MR) is 168 cm³/mol. The van der Waals surface area contributed by atoms with Gasteiger partial charge in [-0.15, -0.1) is 0 Å². The second kappa shape index (κ2) is 12.1. The Bertz CT molecular complexity index is 1740. The number of likely N-dealkylation sites (tertiary alicyclic amines) is 1. The number of anilines is 2. The highest BCUT2D eigenvalue weighted by Crippen LogP contribution is 2.38. The minimum Gasteiger partial charge on any atom is -0.325 e. The van der Waals surface area contributed by atoms with Crippen molar-refractivity contribution in [3.63, 3.8) is 0 Å². The molecule has 0 radical (unpaired) electrons. The molecule has 2 heterocycles. The molecule has 6 rings (SSSR count). The summed E-state index contributed by atoms with van der Waals surface area (Å²) in [5.74, 6) is -0.958. The van der Waals surface area contributed by atoms with Crippen molar-refractivity contribution in [1.82, 2.24) is 4.90 Å². The summed E-state index contributed by atoms with van der Waals surface area (Å²) in [6, 6.07) is 29.1. The van der Waals surface area contributed by atoms with Gasteiger partial charge in [0.2, 0.25) is 5.91 Å². The average molecular weight is 599 g/mol. The van der Waals surface area contributed by atoms with Crippen molar-refractivity contribution in [2.45, 2.75) is 36.6 Å². The SMILES string of the molecule is O=C1Nc2ccc(NS(=O)(=O)c3ccccc3Cl)cc2C1C(=Nc1ccc(CN2CCCCC2)cc1)c1ccccc1. The first-order valence-electron chi connectivity index (χ1n) is 14.0. The van der Waals surface area contributed by atoms with Crippen LogP contribution in [0.25, 0.3) is 0 Å². The smallest absolute Gasteiger partial charge is 0.263 e. The maximum atomic E-state index is 13.4. The topological polar surface area (TPSA) is 90.9 Å². The summed E-state index contributed by atoms with van der Waals surface area (Å²) in [5, 5.41) is 3.07. The second-order valence-corrected chi connectivity index (χ2v) is 12.7. The molecule has 1 fully saturated rings. The molecule has 0 aliphatic carbocycles. The van der Waals surface area contributed by atoms with E-state index in [-0.39, 0.29) is 15.8 Å². The van der Waals surface area contributed by atoms with Gasteiger partial charge >= 0.3 is 0 Å². The number of aliphatic imine (C=N–C) groups is 1. The Labute approximate surface area is 251 Å². The molecule has 2 aliphatic heterocycles. The van der Waals surface area contributed by atoms with E-state index in [1.807, 2.05) is 42.5 Å². The third kappa shape index (κ3) is 6.11. The van der Waals surface area contributed by atoms with E-state index >= 15 is 0 Å². The van der Waals surface area contributed by atoms with E-state index in [4.69, 9.17) is 16.6 Å². The first-order chi connectivity index (χ1) is 20.4. The van der Waals surface area contributed by atoms with E-state index in [1.165, 1.54) is 37.0 Å². The lowest BCUT2D eigenvalue weighted by atomic mass is 9.90. The van der Waals surface area contributed by atoms with Crippen LogP contribution in [0.4, 0.5) is 17.1 Å². The summed E-state index contributed by atoms with van der Waals surface area (Å²) < 4.78 is 28.8. The number of nitrogens with one attached hydrogen (secondary N) is 2. The molecule has 4 aromatic carbocycles. The fraction of sp³-hybridized carbons (Fsp3) is 0.212. The van der Waals surface area contributed by atoms with Gasteiger partial charge in [0.15, 0.2) is 0 Å². The van der Waals surface area contributed by atoms with E-state index in [1.54, 1.807) is 30.3 Å². The van der Waals surface area contributed by atoms with Crippen molar-refractivity contribution < 1.29 is 13.2 Å². The molecule has 1 amide bonds. The zero-order valence-electron chi connectivity index (χ0n) is 23.0. The molecular weight excluding hydrogens is 568 g/mol. The number of amides is 1. The monoisotopic (exact) mass is 598 g/mol. The van der Waals surface area contributed by atoms with E-state index in [9.17, 15) is 13.2 Å². The molecule has 7 nitrogen and oxygen atoms in total. The molecule has 42 heavy (non-hydrogen) atoms. The highest BCUT2D eigenvalue weighted by atomic mass is 35.5. The zero-order chi connectivity index (χ0) is 29.1. The maximum Gasteiger partial charge on any atom is 0.263 e. The molecule has 0 aromatic heterocycles. The number of nitrogens with zero attached hydrogens (tertiary/aromatic N) is 2. The lowest BCUT2D eigenvalue weighted by Crippen LogP contribution is -2.28. The zero-order valence-corrected chi connectivity index (χ0v) is 24.5. The minimum absolute atomic E-state index is 0.0202. The number of sulfonamides is 1. The highest BCUT2D eigenvalue weighted by Gasteiger charge is 2.36. The lowest BCUT2D eigenvalue weighted by molar-refractivity contribution is -0.115. The first kappa shape index (κ1) is 28.2. The van der Waals surface area contributed by atoms with Gasteiger partial charge in [0, 0.05) is 17.9 Å². The fourth-order valence-corrected chi connectivity index (χ4v) is 7.13. The van der Waals surface area contributed by atoms with Crippen LogP contribution in [0, 0.1) is 0 Å². The Balaban J connectivity index is 1.33. The first-order valence-corrected chi connectivity index (χ1v) is 15.9. The molecule has 1 atom stereocenters. The molecule has 0 bridgehead atoms. The van der Waals surface area contributed by atoms with Crippen LogP contribution >= 0.6 is 11.6 Å². The number of benzene rings is 4. The summed E-state index contributed by atoms with van der Waals surface area (Å²) in [6.45, 7) is 3.18. The highest BCUT2D eigenvalue weighted by molar-refractivity contribution is 7.92. The standard InChI is InChI=1S/C33H31ClN4O3S/c34-28-11-5-6-12-30(28)42(40,41)37-26-17-18-29-27(21-26)31(33(39)36-29)32(24-9-3-1-4-10-24)35-25-15-13-23(14-16-25)22-38-19-7-2-8-20-38/h1,3-6,9-18,21,31,37H,2,7-8,19-20,22H2,(H,36,39). The van der Waals surface area contributed by atoms with Crippen LogP contribution in [0.15, 0.2) is 107 Å². The van der Waals surface area contributed by atoms with E-state index in [0.717, 1.165) is 30.9 Å². The average Bonchev–Trinajstić information content (AvgIpc) is 3.32. The minimum atomic E-state index is -3.95. The Morgan fingerprint density at radius 1 is 0.905 bits per heavy atom. The molecule has 0 spiro atoms. The van der Waals surface area contributed by atoms with Crippen LogP contribution in [-0.4, -0.2) is 38.0 Å². The van der Waals surface area contributed by atoms with Crippen molar-refractivity contribution in [3.05, 3.63) is 119 Å².